The van der Waals surface area contributed by atoms with Gasteiger partial charge in [0.25, 0.3) is 0 Å². The van der Waals surface area contributed by atoms with Gasteiger partial charge in [0, 0.05) is 35.3 Å². The van der Waals surface area contributed by atoms with Crippen molar-refractivity contribution in [2.75, 3.05) is 22.2 Å². The Bertz CT molecular complexity index is 645. The van der Waals surface area contributed by atoms with E-state index < -0.39 is 0 Å². The zero-order valence-corrected chi connectivity index (χ0v) is 14.2. The molecular formula is C17H17FN2OS2. The second-order valence-corrected chi connectivity index (χ2v) is 7.66. The molecule has 1 aliphatic heterocycles. The molecule has 23 heavy (non-hydrogen) atoms. The van der Waals surface area contributed by atoms with Gasteiger partial charge >= 0.3 is 0 Å². The summed E-state index contributed by atoms with van der Waals surface area (Å²) in [5.74, 6) is 2.69. The first-order chi connectivity index (χ1) is 11.2. The number of pyridine rings is 1. The van der Waals surface area contributed by atoms with E-state index in [0.717, 1.165) is 28.5 Å². The number of hydrogen-bond acceptors (Lipinski definition) is 4. The van der Waals surface area contributed by atoms with Crippen molar-refractivity contribution in [3.05, 3.63) is 60.2 Å². The van der Waals surface area contributed by atoms with Gasteiger partial charge in [0.05, 0.1) is 11.8 Å². The number of nitrogens with zero attached hydrogens (tertiary/aromatic N) is 2. The minimum Gasteiger partial charge on any atom is -0.307 e. The fourth-order valence-electron chi connectivity index (χ4n) is 2.40. The quantitative estimate of drug-likeness (QED) is 0.845. The van der Waals surface area contributed by atoms with Gasteiger partial charge in [0.2, 0.25) is 5.91 Å². The third kappa shape index (κ3) is 4.26. The predicted molar refractivity (Wildman–Crippen MR) is 95.4 cm³/mol. The molecule has 1 aromatic carbocycles. The van der Waals surface area contributed by atoms with Crippen LogP contribution in [0.3, 0.4) is 0 Å². The van der Waals surface area contributed by atoms with Crippen LogP contribution >= 0.6 is 23.5 Å². The predicted octanol–water partition coefficient (Wildman–Crippen LogP) is 3.60. The molecular weight excluding hydrogens is 331 g/mol. The minimum absolute atomic E-state index is 0.0459. The Balaban J connectivity index is 1.85. The zero-order valence-electron chi connectivity index (χ0n) is 12.5. The van der Waals surface area contributed by atoms with Crippen molar-refractivity contribution in [3.63, 3.8) is 0 Å². The largest absolute Gasteiger partial charge is 0.307 e. The lowest BCUT2D eigenvalue weighted by molar-refractivity contribution is -0.117. The maximum absolute atomic E-state index is 13.2. The fourth-order valence-corrected chi connectivity index (χ4v) is 5.00. The van der Waals surface area contributed by atoms with Crippen molar-refractivity contribution in [2.45, 2.75) is 11.8 Å². The number of carbonyl (C=O) groups is 1. The van der Waals surface area contributed by atoms with Crippen molar-refractivity contribution in [1.29, 1.82) is 0 Å². The third-order valence-corrected chi connectivity index (χ3v) is 6.30. The molecule has 3 nitrogen and oxygen atoms in total. The molecule has 0 unspecified atom stereocenters. The Morgan fingerprint density at radius 2 is 2.09 bits per heavy atom. The van der Waals surface area contributed by atoms with E-state index in [4.69, 9.17) is 0 Å². The van der Waals surface area contributed by atoms with Crippen LogP contribution in [0.4, 0.5) is 10.1 Å². The molecule has 1 saturated heterocycles. The monoisotopic (exact) mass is 348 g/mol. The summed E-state index contributed by atoms with van der Waals surface area (Å²) in [6.45, 7) is 0.444. The highest BCUT2D eigenvalue weighted by Crippen LogP contribution is 2.28. The van der Waals surface area contributed by atoms with Crippen LogP contribution in [0.2, 0.25) is 0 Å². The molecule has 2 heterocycles. The van der Waals surface area contributed by atoms with Crippen LogP contribution in [0.5, 0.6) is 0 Å². The molecule has 0 saturated carbocycles. The molecule has 2 aromatic rings. The summed E-state index contributed by atoms with van der Waals surface area (Å²) >= 11 is 3.52. The summed E-state index contributed by atoms with van der Waals surface area (Å²) in [5, 5.41) is -0.0459. The average molecular weight is 348 g/mol. The minimum atomic E-state index is -0.301. The lowest BCUT2D eigenvalue weighted by Crippen LogP contribution is -2.40. The molecule has 0 radical (unpaired) electrons. The Morgan fingerprint density at radius 3 is 2.74 bits per heavy atom. The molecule has 1 aliphatic rings. The third-order valence-electron chi connectivity index (χ3n) is 3.56. The smallest absolute Gasteiger partial charge is 0.241 e. The molecule has 0 aliphatic carbocycles. The van der Waals surface area contributed by atoms with Gasteiger partial charge in [-0.3, -0.25) is 9.78 Å². The molecule has 3 rings (SSSR count). The standard InChI is InChI=1S/C17H17FN2OS2/c18-14-3-5-15(6-4-14)20(11-13-2-1-7-19-10-13)17(21)16-12-22-8-9-23-16/h1-7,10,16H,8-9,11-12H2/t16-/m1/s1. The summed E-state index contributed by atoms with van der Waals surface area (Å²) in [4.78, 5) is 18.8. The number of benzene rings is 1. The van der Waals surface area contributed by atoms with Crippen molar-refractivity contribution < 1.29 is 9.18 Å². The summed E-state index contributed by atoms with van der Waals surface area (Å²) in [5.41, 5.74) is 1.68. The van der Waals surface area contributed by atoms with E-state index >= 15 is 0 Å². The van der Waals surface area contributed by atoms with Gasteiger partial charge in [-0.2, -0.15) is 11.8 Å². The Hall–Kier alpha value is -1.53. The SMILES string of the molecule is O=C([C@H]1CSCCS1)N(Cc1cccnc1)c1ccc(F)cc1. The van der Waals surface area contributed by atoms with E-state index in [0.29, 0.717) is 6.54 Å². The number of amides is 1. The van der Waals surface area contributed by atoms with Gasteiger partial charge in [-0.25, -0.2) is 4.39 Å². The highest BCUT2D eigenvalue weighted by molar-refractivity contribution is 8.07. The van der Waals surface area contributed by atoms with Gasteiger partial charge in [-0.1, -0.05) is 6.07 Å². The summed E-state index contributed by atoms with van der Waals surface area (Å²) < 4.78 is 13.2. The lowest BCUT2D eigenvalue weighted by atomic mass is 10.2. The molecule has 0 bridgehead atoms. The van der Waals surface area contributed by atoms with E-state index in [-0.39, 0.29) is 17.0 Å². The zero-order chi connectivity index (χ0) is 16.1. The summed E-state index contributed by atoms with van der Waals surface area (Å²) in [7, 11) is 0. The average Bonchev–Trinajstić information content (AvgIpc) is 2.62. The van der Waals surface area contributed by atoms with Crippen LogP contribution in [-0.4, -0.2) is 33.4 Å². The fraction of sp³-hybridized carbons (Fsp3) is 0.294. The van der Waals surface area contributed by atoms with Crippen molar-refractivity contribution >= 4 is 35.1 Å². The molecule has 1 aromatic heterocycles. The number of halogens is 1. The van der Waals surface area contributed by atoms with E-state index in [2.05, 4.69) is 4.98 Å². The lowest BCUT2D eigenvalue weighted by Gasteiger charge is -2.29. The van der Waals surface area contributed by atoms with Crippen LogP contribution < -0.4 is 4.90 Å². The van der Waals surface area contributed by atoms with Crippen LogP contribution in [0.1, 0.15) is 5.56 Å². The molecule has 0 N–H and O–H groups in total. The van der Waals surface area contributed by atoms with E-state index in [1.165, 1.54) is 12.1 Å². The topological polar surface area (TPSA) is 33.2 Å². The molecule has 1 amide bonds. The highest BCUT2D eigenvalue weighted by atomic mass is 32.2. The molecule has 120 valence electrons. The van der Waals surface area contributed by atoms with E-state index in [1.807, 2.05) is 23.9 Å². The maximum atomic E-state index is 13.2. The first kappa shape index (κ1) is 16.3. The van der Waals surface area contributed by atoms with E-state index in [1.54, 1.807) is 41.2 Å². The molecule has 6 heteroatoms. The van der Waals surface area contributed by atoms with Crippen LogP contribution in [0.15, 0.2) is 48.8 Å². The molecule has 1 fully saturated rings. The first-order valence-electron chi connectivity index (χ1n) is 7.39. The van der Waals surface area contributed by atoms with E-state index in [9.17, 15) is 9.18 Å². The van der Waals surface area contributed by atoms with Crippen molar-refractivity contribution in [2.24, 2.45) is 0 Å². The van der Waals surface area contributed by atoms with Gasteiger partial charge in [-0.15, -0.1) is 11.8 Å². The van der Waals surface area contributed by atoms with Gasteiger partial charge in [0.15, 0.2) is 0 Å². The van der Waals surface area contributed by atoms with Gasteiger partial charge in [0.1, 0.15) is 5.82 Å². The van der Waals surface area contributed by atoms with Crippen molar-refractivity contribution in [3.8, 4) is 0 Å². The van der Waals surface area contributed by atoms with Crippen LogP contribution in [0, 0.1) is 5.82 Å². The second-order valence-electron chi connectivity index (χ2n) is 5.20. The molecule has 1 atom stereocenters. The van der Waals surface area contributed by atoms with Crippen LogP contribution in [-0.2, 0) is 11.3 Å². The first-order valence-corrected chi connectivity index (χ1v) is 9.59. The summed E-state index contributed by atoms with van der Waals surface area (Å²) in [6.07, 6.45) is 3.47. The number of anilines is 1. The number of hydrogen-bond donors (Lipinski definition) is 0. The maximum Gasteiger partial charge on any atom is 0.241 e. The Labute approximate surface area is 143 Å². The normalized spacial score (nSPS) is 17.7. The number of aromatic nitrogens is 1. The Morgan fingerprint density at radius 1 is 1.26 bits per heavy atom. The number of rotatable bonds is 4. The van der Waals surface area contributed by atoms with Crippen LogP contribution in [0.25, 0.3) is 0 Å². The Kier molecular flexibility index (Phi) is 5.56. The number of carbonyl (C=O) groups excluding carboxylic acids is 1. The van der Waals surface area contributed by atoms with Gasteiger partial charge < -0.3 is 4.90 Å². The second kappa shape index (κ2) is 7.84. The van der Waals surface area contributed by atoms with Crippen molar-refractivity contribution in [1.82, 2.24) is 4.98 Å². The number of thioether (sulfide) groups is 2. The molecule has 0 spiro atoms. The summed E-state index contributed by atoms with van der Waals surface area (Å²) in [6, 6.07) is 9.89. The van der Waals surface area contributed by atoms with Gasteiger partial charge in [-0.05, 0) is 35.9 Å². The highest BCUT2D eigenvalue weighted by Gasteiger charge is 2.28.